The van der Waals surface area contributed by atoms with Crippen LogP contribution in [0.2, 0.25) is 0 Å². The topological polar surface area (TPSA) is 126 Å². The molecule has 174 valence electrons. The van der Waals surface area contributed by atoms with E-state index >= 15 is 0 Å². The minimum Gasteiger partial charge on any atom is -0.427 e. The third kappa shape index (κ3) is 5.94. The van der Waals surface area contributed by atoms with E-state index in [9.17, 15) is 24.4 Å². The van der Waals surface area contributed by atoms with Crippen LogP contribution in [0.25, 0.3) is 6.08 Å². The Bertz CT molecular complexity index is 1130. The smallest absolute Gasteiger partial charge is 0.311 e. The minimum absolute atomic E-state index is 0.0231. The first-order valence-corrected chi connectivity index (χ1v) is 10.6. The van der Waals surface area contributed by atoms with Gasteiger partial charge in [-0.05, 0) is 42.3 Å². The summed E-state index contributed by atoms with van der Waals surface area (Å²) in [6.45, 7) is 0.744. The van der Waals surface area contributed by atoms with Gasteiger partial charge in [0, 0.05) is 26.6 Å². The van der Waals surface area contributed by atoms with E-state index in [1.807, 2.05) is 6.07 Å². The molecule has 1 aliphatic heterocycles. The number of hydrogen-bond acceptors (Lipinski definition) is 7. The van der Waals surface area contributed by atoms with Gasteiger partial charge in [-0.15, -0.1) is 0 Å². The summed E-state index contributed by atoms with van der Waals surface area (Å²) in [5, 5.41) is 11.8. The van der Waals surface area contributed by atoms with Crippen LogP contribution in [0.1, 0.15) is 39.1 Å². The average molecular weight is 461 g/mol. The van der Waals surface area contributed by atoms with Crippen LogP contribution in [0.15, 0.2) is 54.1 Å². The summed E-state index contributed by atoms with van der Waals surface area (Å²) in [6.07, 6.45) is 1.72. The van der Waals surface area contributed by atoms with Crippen LogP contribution in [0.4, 0.5) is 0 Å². The van der Waals surface area contributed by atoms with E-state index in [4.69, 9.17) is 9.47 Å². The molecule has 2 aromatic rings. The lowest BCUT2D eigenvalue weighted by Crippen LogP contribution is -2.31. The summed E-state index contributed by atoms with van der Waals surface area (Å²) in [4.78, 5) is 50.0. The van der Waals surface area contributed by atoms with E-state index in [-0.39, 0.29) is 43.3 Å². The first kappa shape index (κ1) is 24.4. The summed E-state index contributed by atoms with van der Waals surface area (Å²) < 4.78 is 10.1. The molecular formula is C25H23N3O6. The van der Waals surface area contributed by atoms with Crippen molar-refractivity contribution >= 4 is 29.8 Å². The largest absolute Gasteiger partial charge is 0.427 e. The minimum atomic E-state index is -0.506. The van der Waals surface area contributed by atoms with E-state index < -0.39 is 11.9 Å². The SMILES string of the molecule is COCCNC(=O)/C(C#N)=C/c1ccc(OC(=O)CCCN2C(=O)c3ccccc3C2=O)cc1. The van der Waals surface area contributed by atoms with E-state index in [1.54, 1.807) is 48.5 Å². The molecule has 0 fully saturated rings. The fourth-order valence-corrected chi connectivity index (χ4v) is 3.32. The second kappa shape index (κ2) is 11.5. The summed E-state index contributed by atoms with van der Waals surface area (Å²) in [5.74, 6) is -1.43. The number of fused-ring (bicyclic) bond motifs is 1. The van der Waals surface area contributed by atoms with Gasteiger partial charge in [0.1, 0.15) is 17.4 Å². The Balaban J connectivity index is 1.49. The molecule has 0 atom stereocenters. The second-order valence-corrected chi connectivity index (χ2v) is 7.37. The monoisotopic (exact) mass is 461 g/mol. The van der Waals surface area contributed by atoms with Gasteiger partial charge < -0.3 is 14.8 Å². The number of carbonyl (C=O) groups is 4. The number of benzene rings is 2. The second-order valence-electron chi connectivity index (χ2n) is 7.37. The molecule has 1 aliphatic rings. The van der Waals surface area contributed by atoms with Gasteiger partial charge in [-0.25, -0.2) is 0 Å². The van der Waals surface area contributed by atoms with Crippen LogP contribution in [-0.4, -0.2) is 55.4 Å². The molecule has 9 nitrogen and oxygen atoms in total. The molecule has 3 rings (SSSR count). The standard InChI is InChI=1S/C25H23N3O6/c1-33-14-12-27-23(30)18(16-26)15-17-8-10-19(11-9-17)34-22(29)7-4-13-28-24(31)20-5-2-3-6-21(20)25(28)32/h2-3,5-6,8-11,15H,4,7,12-14H2,1H3,(H,27,30)/b18-15+. The zero-order valence-corrected chi connectivity index (χ0v) is 18.6. The number of nitriles is 1. The molecule has 1 heterocycles. The number of hydrogen-bond donors (Lipinski definition) is 1. The number of nitrogens with one attached hydrogen (secondary N) is 1. The molecule has 0 bridgehead atoms. The molecule has 9 heteroatoms. The van der Waals surface area contributed by atoms with Gasteiger partial charge in [0.05, 0.1) is 17.7 Å². The molecule has 0 spiro atoms. The van der Waals surface area contributed by atoms with Crippen molar-refractivity contribution in [1.82, 2.24) is 10.2 Å². The van der Waals surface area contributed by atoms with E-state index in [1.165, 1.54) is 13.2 Å². The molecule has 0 aliphatic carbocycles. The first-order valence-electron chi connectivity index (χ1n) is 10.6. The molecule has 0 unspecified atom stereocenters. The Morgan fingerprint density at radius 1 is 1.06 bits per heavy atom. The number of carbonyl (C=O) groups excluding carboxylic acids is 4. The lowest BCUT2D eigenvalue weighted by molar-refractivity contribution is -0.134. The molecule has 34 heavy (non-hydrogen) atoms. The quantitative estimate of drug-likeness (QED) is 0.144. The summed E-state index contributed by atoms with van der Waals surface area (Å²) >= 11 is 0. The highest BCUT2D eigenvalue weighted by molar-refractivity contribution is 6.21. The highest BCUT2D eigenvalue weighted by Gasteiger charge is 2.34. The number of rotatable bonds is 10. The lowest BCUT2D eigenvalue weighted by atomic mass is 10.1. The lowest BCUT2D eigenvalue weighted by Gasteiger charge is -2.13. The molecule has 0 aromatic heterocycles. The van der Waals surface area contributed by atoms with Crippen molar-refractivity contribution in [3.05, 3.63) is 70.8 Å². The van der Waals surface area contributed by atoms with Crippen molar-refractivity contribution in [1.29, 1.82) is 5.26 Å². The van der Waals surface area contributed by atoms with Crippen molar-refractivity contribution in [3.8, 4) is 11.8 Å². The molecule has 0 saturated heterocycles. The van der Waals surface area contributed by atoms with Gasteiger partial charge >= 0.3 is 5.97 Å². The predicted octanol–water partition coefficient (Wildman–Crippen LogP) is 2.34. The van der Waals surface area contributed by atoms with Gasteiger partial charge in [-0.2, -0.15) is 5.26 Å². The van der Waals surface area contributed by atoms with Crippen molar-refractivity contribution in [2.75, 3.05) is 26.8 Å². The Labute approximate surface area is 196 Å². The molecule has 2 aromatic carbocycles. The molecule has 0 saturated carbocycles. The van der Waals surface area contributed by atoms with Gasteiger partial charge in [0.25, 0.3) is 17.7 Å². The maximum absolute atomic E-state index is 12.3. The first-order chi connectivity index (χ1) is 16.4. The summed E-state index contributed by atoms with van der Waals surface area (Å²) in [5.41, 5.74) is 1.27. The highest BCUT2D eigenvalue weighted by atomic mass is 16.5. The number of ether oxygens (including phenoxy) is 2. The van der Waals surface area contributed by atoms with Crippen molar-refractivity contribution in [2.24, 2.45) is 0 Å². The predicted molar refractivity (Wildman–Crippen MR) is 122 cm³/mol. The van der Waals surface area contributed by atoms with Crippen molar-refractivity contribution < 1.29 is 28.7 Å². The van der Waals surface area contributed by atoms with Crippen LogP contribution in [0, 0.1) is 11.3 Å². The number of esters is 1. The Morgan fingerprint density at radius 2 is 1.71 bits per heavy atom. The number of amides is 3. The third-order valence-corrected chi connectivity index (χ3v) is 5.02. The maximum atomic E-state index is 12.3. The average Bonchev–Trinajstić information content (AvgIpc) is 3.08. The molecule has 0 radical (unpaired) electrons. The normalized spacial score (nSPS) is 12.8. The van der Waals surface area contributed by atoms with Gasteiger partial charge in [-0.1, -0.05) is 24.3 Å². The van der Waals surface area contributed by atoms with Gasteiger partial charge in [0.15, 0.2) is 0 Å². The zero-order chi connectivity index (χ0) is 24.5. The Hall–Kier alpha value is -4.29. The third-order valence-electron chi connectivity index (χ3n) is 5.02. The van der Waals surface area contributed by atoms with Crippen molar-refractivity contribution in [2.45, 2.75) is 12.8 Å². The number of nitrogens with zero attached hydrogens (tertiary/aromatic N) is 2. The molecular weight excluding hydrogens is 438 g/mol. The Morgan fingerprint density at radius 3 is 2.29 bits per heavy atom. The maximum Gasteiger partial charge on any atom is 0.311 e. The van der Waals surface area contributed by atoms with Crippen LogP contribution in [0.3, 0.4) is 0 Å². The fourth-order valence-electron chi connectivity index (χ4n) is 3.32. The van der Waals surface area contributed by atoms with Crippen LogP contribution in [-0.2, 0) is 14.3 Å². The van der Waals surface area contributed by atoms with E-state index in [0.717, 1.165) is 4.90 Å². The van der Waals surface area contributed by atoms with Gasteiger partial charge in [-0.3, -0.25) is 24.1 Å². The van der Waals surface area contributed by atoms with E-state index in [0.29, 0.717) is 29.0 Å². The van der Waals surface area contributed by atoms with Crippen LogP contribution >= 0.6 is 0 Å². The zero-order valence-electron chi connectivity index (χ0n) is 18.6. The van der Waals surface area contributed by atoms with Crippen molar-refractivity contribution in [3.63, 3.8) is 0 Å². The number of methoxy groups -OCH3 is 1. The van der Waals surface area contributed by atoms with Gasteiger partial charge in [0.2, 0.25) is 0 Å². The molecule has 3 amide bonds. The summed E-state index contributed by atoms with van der Waals surface area (Å²) in [6, 6.07) is 14.8. The summed E-state index contributed by atoms with van der Waals surface area (Å²) in [7, 11) is 1.51. The highest BCUT2D eigenvalue weighted by Crippen LogP contribution is 2.23. The fraction of sp³-hybridized carbons (Fsp3) is 0.240. The number of imide groups is 1. The van der Waals surface area contributed by atoms with Crippen LogP contribution < -0.4 is 10.1 Å². The Kier molecular flexibility index (Phi) is 8.26. The van der Waals surface area contributed by atoms with Crippen LogP contribution in [0.5, 0.6) is 5.75 Å². The molecule has 1 N–H and O–H groups in total. The van der Waals surface area contributed by atoms with E-state index in [2.05, 4.69) is 5.32 Å².